The lowest BCUT2D eigenvalue weighted by molar-refractivity contribution is 0.949. The lowest BCUT2D eigenvalue weighted by atomic mass is 10.2. The minimum atomic E-state index is 0.485. The number of fused-ring (bicyclic) bond motifs is 1. The lowest BCUT2D eigenvalue weighted by Gasteiger charge is -2.00. The molecule has 74 valence electrons. The highest BCUT2D eigenvalue weighted by Gasteiger charge is 2.09. The van der Waals surface area contributed by atoms with Gasteiger partial charge < -0.3 is 10.3 Å². The molecule has 2 N–H and O–H groups in total. The van der Waals surface area contributed by atoms with E-state index in [1.807, 2.05) is 23.9 Å². The van der Waals surface area contributed by atoms with Gasteiger partial charge in [0.05, 0.1) is 10.5 Å². The van der Waals surface area contributed by atoms with E-state index < -0.39 is 0 Å². The second-order valence-corrected chi connectivity index (χ2v) is 4.09. The SMILES string of the molecule is Cn1cc(CN)c2c(Cl)cc(Cl)cc21. The average Bonchev–Trinajstić information content (AvgIpc) is 2.43. The number of nitrogens with two attached hydrogens (primary N) is 1. The van der Waals surface area contributed by atoms with Crippen LogP contribution in [-0.4, -0.2) is 4.57 Å². The zero-order chi connectivity index (χ0) is 10.3. The van der Waals surface area contributed by atoms with Gasteiger partial charge in [-0.25, -0.2) is 0 Å². The fraction of sp³-hybridized carbons (Fsp3) is 0.200. The van der Waals surface area contributed by atoms with Crippen LogP contribution < -0.4 is 5.73 Å². The van der Waals surface area contributed by atoms with Crippen LogP contribution in [0.2, 0.25) is 10.0 Å². The first-order chi connectivity index (χ1) is 6.63. The standard InChI is InChI=1S/C10H10Cl2N2/c1-14-5-6(4-13)10-8(12)2-7(11)3-9(10)14/h2-3,5H,4,13H2,1H3. The van der Waals surface area contributed by atoms with Crippen molar-refractivity contribution in [3.8, 4) is 0 Å². The molecule has 14 heavy (non-hydrogen) atoms. The fourth-order valence-electron chi connectivity index (χ4n) is 1.68. The predicted octanol–water partition coefficient (Wildman–Crippen LogP) is 2.94. The molecule has 0 amide bonds. The summed E-state index contributed by atoms with van der Waals surface area (Å²) < 4.78 is 1.98. The normalized spacial score (nSPS) is 11.1. The number of benzene rings is 1. The van der Waals surface area contributed by atoms with Crippen molar-refractivity contribution in [2.45, 2.75) is 6.54 Å². The van der Waals surface area contributed by atoms with Gasteiger partial charge in [0, 0.05) is 30.2 Å². The maximum Gasteiger partial charge on any atom is 0.0517 e. The van der Waals surface area contributed by atoms with Gasteiger partial charge in [-0.2, -0.15) is 0 Å². The number of rotatable bonds is 1. The average molecular weight is 229 g/mol. The molecule has 0 aliphatic carbocycles. The van der Waals surface area contributed by atoms with Crippen molar-refractivity contribution in [1.29, 1.82) is 0 Å². The molecule has 1 heterocycles. The third kappa shape index (κ3) is 1.40. The second kappa shape index (κ2) is 3.46. The molecule has 0 fully saturated rings. The van der Waals surface area contributed by atoms with Crippen molar-refractivity contribution in [2.75, 3.05) is 0 Å². The van der Waals surface area contributed by atoms with Gasteiger partial charge >= 0.3 is 0 Å². The molecule has 0 aliphatic heterocycles. The number of halogens is 2. The van der Waals surface area contributed by atoms with Gasteiger partial charge in [-0.05, 0) is 17.7 Å². The lowest BCUT2D eigenvalue weighted by Crippen LogP contribution is -1.94. The van der Waals surface area contributed by atoms with Crippen molar-refractivity contribution in [3.63, 3.8) is 0 Å². The summed E-state index contributed by atoms with van der Waals surface area (Å²) in [4.78, 5) is 0. The summed E-state index contributed by atoms with van der Waals surface area (Å²) in [6, 6.07) is 3.63. The molecule has 0 saturated heterocycles. The third-order valence-corrected chi connectivity index (χ3v) is 2.82. The van der Waals surface area contributed by atoms with Crippen LogP contribution in [0.25, 0.3) is 10.9 Å². The number of hydrogen-bond donors (Lipinski definition) is 1. The Kier molecular flexibility index (Phi) is 2.43. The summed E-state index contributed by atoms with van der Waals surface area (Å²) in [6.07, 6.45) is 1.98. The molecular weight excluding hydrogens is 219 g/mol. The maximum absolute atomic E-state index is 6.11. The van der Waals surface area contributed by atoms with E-state index in [0.717, 1.165) is 16.5 Å². The Morgan fingerprint density at radius 2 is 2.07 bits per heavy atom. The first-order valence-electron chi connectivity index (χ1n) is 4.26. The van der Waals surface area contributed by atoms with Gasteiger partial charge in [0.2, 0.25) is 0 Å². The van der Waals surface area contributed by atoms with E-state index in [0.29, 0.717) is 16.6 Å². The minimum Gasteiger partial charge on any atom is -0.350 e. The zero-order valence-corrected chi connectivity index (χ0v) is 9.23. The van der Waals surface area contributed by atoms with Crippen molar-refractivity contribution in [1.82, 2.24) is 4.57 Å². The van der Waals surface area contributed by atoms with Gasteiger partial charge in [0.1, 0.15) is 0 Å². The topological polar surface area (TPSA) is 30.9 Å². The van der Waals surface area contributed by atoms with E-state index >= 15 is 0 Å². The molecule has 2 nitrogen and oxygen atoms in total. The summed E-state index contributed by atoms with van der Waals surface area (Å²) in [5.41, 5.74) is 7.69. The molecular formula is C10H10Cl2N2. The Bertz CT molecular complexity index is 488. The quantitative estimate of drug-likeness (QED) is 0.800. The number of hydrogen-bond acceptors (Lipinski definition) is 1. The van der Waals surface area contributed by atoms with Crippen LogP contribution in [0.1, 0.15) is 5.56 Å². The molecule has 2 aromatic rings. The van der Waals surface area contributed by atoms with Gasteiger partial charge in [-0.1, -0.05) is 23.2 Å². The van der Waals surface area contributed by atoms with E-state index in [9.17, 15) is 0 Å². The van der Waals surface area contributed by atoms with Crippen molar-refractivity contribution >= 4 is 34.1 Å². The molecule has 1 aromatic carbocycles. The highest BCUT2D eigenvalue weighted by atomic mass is 35.5. The van der Waals surface area contributed by atoms with Crippen LogP contribution in [0.4, 0.5) is 0 Å². The first kappa shape index (κ1) is 9.84. The summed E-state index contributed by atoms with van der Waals surface area (Å²) in [7, 11) is 1.95. The fourth-order valence-corrected chi connectivity index (χ4v) is 2.28. The minimum absolute atomic E-state index is 0.485. The number of aryl methyl sites for hydroxylation is 1. The number of nitrogens with zero attached hydrogens (tertiary/aromatic N) is 1. The largest absolute Gasteiger partial charge is 0.350 e. The van der Waals surface area contributed by atoms with Gasteiger partial charge in [-0.15, -0.1) is 0 Å². The smallest absolute Gasteiger partial charge is 0.0517 e. The van der Waals surface area contributed by atoms with Crippen molar-refractivity contribution < 1.29 is 0 Å². The Morgan fingerprint density at radius 1 is 1.36 bits per heavy atom. The van der Waals surface area contributed by atoms with Crippen LogP contribution in [0.5, 0.6) is 0 Å². The Labute approximate surface area is 92.2 Å². The van der Waals surface area contributed by atoms with E-state index in [1.165, 1.54) is 0 Å². The van der Waals surface area contributed by atoms with Crippen molar-refractivity contribution in [3.05, 3.63) is 33.9 Å². The Hall–Kier alpha value is -0.700. The molecule has 0 spiro atoms. The van der Waals surface area contributed by atoms with Crippen LogP contribution >= 0.6 is 23.2 Å². The van der Waals surface area contributed by atoms with Crippen LogP contribution in [-0.2, 0) is 13.6 Å². The zero-order valence-electron chi connectivity index (χ0n) is 7.72. The van der Waals surface area contributed by atoms with Crippen molar-refractivity contribution in [2.24, 2.45) is 12.8 Å². The molecule has 4 heteroatoms. The highest BCUT2D eigenvalue weighted by Crippen LogP contribution is 2.31. The molecule has 2 rings (SSSR count). The monoisotopic (exact) mass is 228 g/mol. The summed E-state index contributed by atoms with van der Waals surface area (Å²) in [5.74, 6) is 0. The molecule has 0 aliphatic rings. The predicted molar refractivity (Wildman–Crippen MR) is 60.8 cm³/mol. The van der Waals surface area contributed by atoms with E-state index in [4.69, 9.17) is 28.9 Å². The molecule has 0 atom stereocenters. The molecule has 0 radical (unpaired) electrons. The molecule has 0 unspecified atom stereocenters. The summed E-state index contributed by atoms with van der Waals surface area (Å²) >= 11 is 12.0. The van der Waals surface area contributed by atoms with E-state index in [1.54, 1.807) is 6.07 Å². The Morgan fingerprint density at radius 3 is 2.71 bits per heavy atom. The van der Waals surface area contributed by atoms with Crippen LogP contribution in [0.15, 0.2) is 18.3 Å². The molecule has 0 bridgehead atoms. The van der Waals surface area contributed by atoms with E-state index in [-0.39, 0.29) is 0 Å². The Balaban J connectivity index is 2.89. The maximum atomic E-state index is 6.11. The molecule has 1 aromatic heterocycles. The molecule has 0 saturated carbocycles. The van der Waals surface area contributed by atoms with Crippen LogP contribution in [0, 0.1) is 0 Å². The van der Waals surface area contributed by atoms with Gasteiger partial charge in [0.15, 0.2) is 0 Å². The first-order valence-corrected chi connectivity index (χ1v) is 5.02. The van der Waals surface area contributed by atoms with Crippen LogP contribution in [0.3, 0.4) is 0 Å². The highest BCUT2D eigenvalue weighted by molar-refractivity contribution is 6.38. The summed E-state index contributed by atoms with van der Waals surface area (Å²) in [5, 5.41) is 2.31. The summed E-state index contributed by atoms with van der Waals surface area (Å²) in [6.45, 7) is 0.485. The van der Waals surface area contributed by atoms with Gasteiger partial charge in [-0.3, -0.25) is 0 Å². The van der Waals surface area contributed by atoms with E-state index in [2.05, 4.69) is 0 Å². The number of aromatic nitrogens is 1. The second-order valence-electron chi connectivity index (χ2n) is 3.25. The van der Waals surface area contributed by atoms with Gasteiger partial charge in [0.25, 0.3) is 0 Å². The third-order valence-electron chi connectivity index (χ3n) is 2.30.